The third-order valence-corrected chi connectivity index (χ3v) is 7.65. The molecule has 54 heavy (non-hydrogen) atoms. The number of aromatic nitrogens is 4. The zero-order chi connectivity index (χ0) is 39.5. The fraction of sp³-hybridized carbons (Fsp3) is 0.111. The molecule has 0 bridgehead atoms. The number of fused-ring (bicyclic) bond motifs is 2. The van der Waals surface area contributed by atoms with Crippen LogP contribution < -0.4 is 9.13 Å². The molecule has 0 aliphatic rings. The Morgan fingerprint density at radius 1 is 0.370 bits per heavy atom. The minimum absolute atomic E-state index is 0.830. The van der Waals surface area contributed by atoms with Crippen molar-refractivity contribution in [1.29, 1.82) is 0 Å². The maximum Gasteiger partial charge on any atom is 0.245 e. The molecule has 0 unspecified atom stereocenters. The van der Waals surface area contributed by atoms with Gasteiger partial charge in [-0.3, -0.25) is 0 Å². The third-order valence-electron chi connectivity index (χ3n) is 7.65. The molecule has 0 atom stereocenters. The number of hydrogen-bond acceptors (Lipinski definition) is 0. The second-order valence-electron chi connectivity index (χ2n) is 12.4. The first kappa shape index (κ1) is 40.2. The van der Waals surface area contributed by atoms with E-state index in [1.54, 1.807) is 0 Å². The van der Waals surface area contributed by atoms with Gasteiger partial charge in [0, 0.05) is 0 Å². The van der Waals surface area contributed by atoms with Crippen LogP contribution in [0.25, 0.3) is 22.1 Å². The number of benzene rings is 5. The molecule has 0 aliphatic carbocycles. The second-order valence-corrected chi connectivity index (χ2v) is 16.3. The summed E-state index contributed by atoms with van der Waals surface area (Å²) in [6.45, 7) is 3.38. The number of nitrogens with zero attached hydrogens (tertiary/aromatic N) is 4. The van der Waals surface area contributed by atoms with E-state index < -0.39 is 15.6 Å². The molecule has 0 amide bonds. The largest absolute Gasteiger partial charge is 0.245 e. The quantitative estimate of drug-likeness (QED) is 0.0827. The number of imidazole rings is 2. The molecule has 2 aromatic heterocycles. The zero-order valence-corrected chi connectivity index (χ0v) is 29.7. The van der Waals surface area contributed by atoms with Crippen molar-refractivity contribution in [2.45, 2.75) is 26.2 Å². The Bertz CT molecular complexity index is 2190. The van der Waals surface area contributed by atoms with Crippen LogP contribution in [0.5, 0.6) is 0 Å². The normalized spacial score (nSPS) is 14.4. The van der Waals surface area contributed by atoms with Crippen molar-refractivity contribution in [1.82, 2.24) is 9.13 Å². The fourth-order valence-corrected chi connectivity index (χ4v) is 5.77. The van der Waals surface area contributed by atoms with E-state index >= 15 is 0 Å². The molecule has 290 valence electrons. The van der Waals surface area contributed by atoms with Crippen LogP contribution in [-0.4, -0.2) is 9.13 Å². The average molecular weight is 811 g/mol. The minimum atomic E-state index is -10.7. The maximum atomic E-state index is 9.87. The first-order chi connectivity index (χ1) is 24.7. The number of halogens is 12. The first-order valence-electron chi connectivity index (χ1n) is 15.9. The maximum absolute atomic E-state index is 10.7. The van der Waals surface area contributed by atoms with Crippen LogP contribution in [0.4, 0.5) is 50.4 Å². The van der Waals surface area contributed by atoms with Crippen LogP contribution in [0.2, 0.25) is 0 Å². The van der Waals surface area contributed by atoms with Crippen LogP contribution in [0.3, 0.4) is 0 Å². The summed E-state index contributed by atoms with van der Waals surface area (Å²) >= 11 is 0. The Hall–Kier alpha value is -4.94. The van der Waals surface area contributed by atoms with E-state index in [-0.39, 0.29) is 0 Å². The summed E-state index contributed by atoms with van der Waals surface area (Å²) in [6.07, 6.45) is 4.52. The van der Waals surface area contributed by atoms with Gasteiger partial charge in [-0.1, -0.05) is 103 Å². The first-order valence-corrected chi connectivity index (χ1v) is 20.0. The monoisotopic (exact) mass is 810 g/mol. The Morgan fingerprint density at radius 3 is 1.02 bits per heavy atom. The predicted octanol–water partition coefficient (Wildman–Crippen LogP) is 13.1. The van der Waals surface area contributed by atoms with E-state index in [2.05, 4.69) is 164 Å². The topological polar surface area (TPSA) is 17.6 Å². The molecular formula is C36H32F12N4P2. The van der Waals surface area contributed by atoms with Gasteiger partial charge in [-0.2, -0.15) is 0 Å². The molecule has 0 N–H and O–H groups in total. The van der Waals surface area contributed by atoms with Gasteiger partial charge in [-0.15, -0.1) is 0 Å². The summed E-state index contributed by atoms with van der Waals surface area (Å²) in [5.41, 5.74) is 10.2. The molecule has 4 nitrogen and oxygen atoms in total. The van der Waals surface area contributed by atoms with Gasteiger partial charge >= 0.3 is 66.0 Å². The van der Waals surface area contributed by atoms with Crippen LogP contribution in [0.15, 0.2) is 146 Å². The zero-order valence-electron chi connectivity index (χ0n) is 27.9. The number of hydrogen-bond donors (Lipinski definition) is 0. The van der Waals surface area contributed by atoms with Gasteiger partial charge in [0.1, 0.15) is 26.2 Å². The second kappa shape index (κ2) is 13.4. The average Bonchev–Trinajstić information content (AvgIpc) is 3.56. The molecule has 7 aromatic rings. The molecule has 0 saturated heterocycles. The molecule has 0 spiro atoms. The molecule has 0 aliphatic heterocycles. The van der Waals surface area contributed by atoms with Crippen molar-refractivity contribution in [2.75, 3.05) is 0 Å². The van der Waals surface area contributed by atoms with E-state index in [4.69, 9.17) is 0 Å². The molecule has 0 saturated carbocycles. The van der Waals surface area contributed by atoms with Crippen molar-refractivity contribution in [3.8, 4) is 0 Å². The summed E-state index contributed by atoms with van der Waals surface area (Å²) in [6, 6.07) is 47.8. The van der Waals surface area contributed by atoms with Gasteiger partial charge in [0.15, 0.2) is 22.1 Å². The predicted molar refractivity (Wildman–Crippen MR) is 187 cm³/mol. The molecular weight excluding hydrogens is 778 g/mol. The van der Waals surface area contributed by atoms with Gasteiger partial charge < -0.3 is 0 Å². The summed E-state index contributed by atoms with van der Waals surface area (Å²) in [7, 11) is -21.3. The van der Waals surface area contributed by atoms with Crippen molar-refractivity contribution in [3.63, 3.8) is 0 Å². The Kier molecular flexibility index (Phi) is 10.0. The fourth-order valence-electron chi connectivity index (χ4n) is 5.77. The van der Waals surface area contributed by atoms with Crippen LogP contribution >= 0.6 is 15.6 Å². The molecule has 0 fully saturated rings. The third kappa shape index (κ3) is 14.5. The summed E-state index contributed by atoms with van der Waals surface area (Å²) < 4.78 is 128. The van der Waals surface area contributed by atoms with Crippen molar-refractivity contribution >= 4 is 37.7 Å². The van der Waals surface area contributed by atoms with E-state index in [0.717, 1.165) is 26.2 Å². The smallest absolute Gasteiger partial charge is 0.226 e. The summed E-state index contributed by atoms with van der Waals surface area (Å²) in [5, 5.41) is 0. The molecule has 2 heterocycles. The van der Waals surface area contributed by atoms with E-state index in [0.29, 0.717) is 0 Å². The van der Waals surface area contributed by atoms with Crippen LogP contribution in [-0.2, 0) is 26.2 Å². The van der Waals surface area contributed by atoms with Gasteiger partial charge in [0.2, 0.25) is 12.7 Å². The molecule has 5 aromatic carbocycles. The Morgan fingerprint density at radius 2 is 0.667 bits per heavy atom. The number of rotatable bonds is 8. The van der Waals surface area contributed by atoms with Crippen molar-refractivity contribution in [3.05, 3.63) is 168 Å². The van der Waals surface area contributed by atoms with E-state index in [1.807, 2.05) is 0 Å². The van der Waals surface area contributed by atoms with Crippen molar-refractivity contribution < 1.29 is 59.5 Å². The summed E-state index contributed by atoms with van der Waals surface area (Å²) in [5.74, 6) is 0. The van der Waals surface area contributed by atoms with Gasteiger partial charge in [-0.05, 0) is 52.6 Å². The van der Waals surface area contributed by atoms with E-state index in [9.17, 15) is 50.4 Å². The minimum Gasteiger partial charge on any atom is -0.226 e. The molecule has 0 radical (unpaired) electrons. The Labute approximate surface area is 300 Å². The molecule has 7 rings (SSSR count). The number of para-hydroxylation sites is 4. The van der Waals surface area contributed by atoms with Gasteiger partial charge in [0.05, 0.1) is 0 Å². The van der Waals surface area contributed by atoms with Crippen LogP contribution in [0.1, 0.15) is 22.3 Å². The Balaban J connectivity index is 0.000000342. The van der Waals surface area contributed by atoms with E-state index in [1.165, 1.54) is 44.3 Å². The standard InChI is InChI=1S/C36H32N4.2F6P/c1-3-12-29(13-4-1)23-37-27-39(35-20-9-7-18-33(35)37)25-31-16-11-17-32(22-31)26-40-28-38(24-30-14-5-2-6-15-30)34-19-8-10-21-36(34)40;2*1-7(2,3,4,5)6/h1-22,27-28H,23-26H2;;/q+2;2*-1. The summed E-state index contributed by atoms with van der Waals surface area (Å²) in [4.78, 5) is 0. The molecule has 18 heteroatoms. The van der Waals surface area contributed by atoms with Crippen LogP contribution in [0, 0.1) is 0 Å². The SMILES string of the molecule is F[P-](F)(F)(F)(F)F.F[P-](F)(F)(F)(F)F.c1ccc(Cn2c[n+](Cc3cccc(C[n+]4cn(Cc5ccccc5)c5ccccc54)c3)c3ccccc32)cc1. The van der Waals surface area contributed by atoms with Gasteiger partial charge in [-0.25, -0.2) is 18.3 Å². The van der Waals surface area contributed by atoms with Gasteiger partial charge in [0.25, 0.3) is 0 Å². The van der Waals surface area contributed by atoms with Crippen molar-refractivity contribution in [2.24, 2.45) is 0 Å².